The molecule has 0 radical (unpaired) electrons. The Labute approximate surface area is 114 Å². The second-order valence-corrected chi connectivity index (χ2v) is 5.02. The number of phenolic OH excluding ortho intramolecular Hbond substituents is 1. The molecular weight excluding hydrogens is 242 g/mol. The second-order valence-electron chi connectivity index (χ2n) is 5.02. The summed E-state index contributed by atoms with van der Waals surface area (Å²) in [6.07, 6.45) is 1.80. The van der Waals surface area contributed by atoms with Gasteiger partial charge in [-0.05, 0) is 38.4 Å². The molecule has 0 aliphatic rings. The number of aryl methyl sites for hydroxylation is 1. The molecule has 0 saturated heterocycles. The monoisotopic (exact) mass is 265 g/mol. The topological polar surface area (TPSA) is 60.8 Å². The predicted octanol–water partition coefficient (Wildman–Crippen LogP) is 2.43. The Morgan fingerprint density at radius 3 is 2.68 bits per heavy atom. The molecule has 1 aromatic rings. The fourth-order valence-electron chi connectivity index (χ4n) is 2.20. The van der Waals surface area contributed by atoms with Crippen LogP contribution in [0.1, 0.15) is 30.9 Å². The van der Waals surface area contributed by atoms with Gasteiger partial charge in [0.05, 0.1) is 6.42 Å². The van der Waals surface area contributed by atoms with Crippen LogP contribution >= 0.6 is 0 Å². The fraction of sp³-hybridized carbons (Fsp3) is 0.533. The molecule has 0 aliphatic heterocycles. The molecule has 1 unspecified atom stereocenters. The Bertz CT molecular complexity index is 431. The summed E-state index contributed by atoms with van der Waals surface area (Å²) in [5, 5.41) is 18.6. The van der Waals surface area contributed by atoms with E-state index in [1.165, 1.54) is 0 Å². The van der Waals surface area contributed by atoms with Crippen molar-refractivity contribution in [3.63, 3.8) is 0 Å². The first-order valence-corrected chi connectivity index (χ1v) is 6.64. The molecule has 2 N–H and O–H groups in total. The molecule has 4 nitrogen and oxygen atoms in total. The van der Waals surface area contributed by atoms with Crippen LogP contribution < -0.4 is 0 Å². The zero-order chi connectivity index (χ0) is 14.4. The summed E-state index contributed by atoms with van der Waals surface area (Å²) in [5.74, 6) is -0.462. The van der Waals surface area contributed by atoms with Gasteiger partial charge in [0.15, 0.2) is 0 Å². The van der Waals surface area contributed by atoms with Crippen LogP contribution in [0.2, 0.25) is 0 Å². The van der Waals surface area contributed by atoms with Gasteiger partial charge in [-0.3, -0.25) is 4.79 Å². The van der Waals surface area contributed by atoms with E-state index in [0.717, 1.165) is 24.0 Å². The van der Waals surface area contributed by atoms with Crippen LogP contribution in [0, 0.1) is 6.92 Å². The SMILES string of the molecule is CCC(Cc1cc(C)ccc1O)N(C)CCC(=O)O. The molecule has 0 bridgehead atoms. The normalized spacial score (nSPS) is 12.6. The lowest BCUT2D eigenvalue weighted by Crippen LogP contribution is -2.34. The molecule has 1 atom stereocenters. The predicted molar refractivity (Wildman–Crippen MR) is 75.5 cm³/mol. The summed E-state index contributed by atoms with van der Waals surface area (Å²) in [7, 11) is 1.93. The van der Waals surface area contributed by atoms with Crippen LogP contribution in [0.15, 0.2) is 18.2 Å². The van der Waals surface area contributed by atoms with E-state index in [-0.39, 0.29) is 12.5 Å². The fourth-order valence-corrected chi connectivity index (χ4v) is 2.20. The number of carboxylic acid groups (broad SMARTS) is 1. The maximum Gasteiger partial charge on any atom is 0.304 e. The van der Waals surface area contributed by atoms with Crippen molar-refractivity contribution in [3.8, 4) is 5.75 Å². The zero-order valence-electron chi connectivity index (χ0n) is 11.9. The van der Waals surface area contributed by atoms with Gasteiger partial charge in [0.2, 0.25) is 0 Å². The number of benzene rings is 1. The Balaban J connectivity index is 2.70. The lowest BCUT2D eigenvalue weighted by Gasteiger charge is -2.27. The minimum Gasteiger partial charge on any atom is -0.508 e. The molecule has 0 spiro atoms. The third-order valence-corrected chi connectivity index (χ3v) is 3.46. The average molecular weight is 265 g/mol. The maximum atomic E-state index is 10.6. The van der Waals surface area contributed by atoms with Crippen LogP contribution in [0.25, 0.3) is 0 Å². The molecule has 0 heterocycles. The number of carbonyl (C=O) groups is 1. The Kier molecular flexibility index (Phi) is 5.83. The van der Waals surface area contributed by atoms with E-state index in [4.69, 9.17) is 5.11 Å². The molecule has 1 aromatic carbocycles. The molecule has 106 valence electrons. The molecule has 0 aromatic heterocycles. The standard InChI is InChI=1S/C15H23NO3/c1-4-13(16(3)8-7-15(18)19)10-12-9-11(2)5-6-14(12)17/h5-6,9,13,17H,4,7-8,10H2,1-3H3,(H,18,19). The van der Waals surface area contributed by atoms with E-state index in [9.17, 15) is 9.90 Å². The smallest absolute Gasteiger partial charge is 0.304 e. The first kappa shape index (κ1) is 15.5. The van der Waals surface area contributed by atoms with Crippen molar-refractivity contribution < 1.29 is 15.0 Å². The molecule has 0 saturated carbocycles. The Hall–Kier alpha value is -1.55. The highest BCUT2D eigenvalue weighted by atomic mass is 16.4. The number of aromatic hydroxyl groups is 1. The van der Waals surface area contributed by atoms with E-state index in [1.807, 2.05) is 26.1 Å². The van der Waals surface area contributed by atoms with Crippen LogP contribution in [-0.4, -0.2) is 40.7 Å². The molecule has 0 amide bonds. The summed E-state index contributed by atoms with van der Waals surface area (Å²) in [5.41, 5.74) is 2.05. The highest BCUT2D eigenvalue weighted by molar-refractivity contribution is 5.66. The average Bonchev–Trinajstić information content (AvgIpc) is 2.36. The van der Waals surface area contributed by atoms with Gasteiger partial charge in [-0.2, -0.15) is 0 Å². The number of rotatable bonds is 7. The van der Waals surface area contributed by atoms with Gasteiger partial charge in [0, 0.05) is 12.6 Å². The maximum absolute atomic E-state index is 10.6. The number of nitrogens with zero attached hydrogens (tertiary/aromatic N) is 1. The lowest BCUT2D eigenvalue weighted by atomic mass is 10.00. The van der Waals surface area contributed by atoms with Gasteiger partial charge >= 0.3 is 5.97 Å². The number of hydrogen-bond acceptors (Lipinski definition) is 3. The molecule has 0 fully saturated rings. The van der Waals surface area contributed by atoms with E-state index in [1.54, 1.807) is 6.07 Å². The van der Waals surface area contributed by atoms with E-state index < -0.39 is 5.97 Å². The van der Waals surface area contributed by atoms with Crippen molar-refractivity contribution in [3.05, 3.63) is 29.3 Å². The third-order valence-electron chi connectivity index (χ3n) is 3.46. The molecule has 0 aliphatic carbocycles. The van der Waals surface area contributed by atoms with Crippen LogP contribution in [0.3, 0.4) is 0 Å². The summed E-state index contributed by atoms with van der Waals surface area (Å²) < 4.78 is 0. The summed E-state index contributed by atoms with van der Waals surface area (Å²) in [6, 6.07) is 5.83. The second kappa shape index (κ2) is 7.14. The van der Waals surface area contributed by atoms with Gasteiger partial charge < -0.3 is 15.1 Å². The van der Waals surface area contributed by atoms with E-state index in [0.29, 0.717) is 12.3 Å². The van der Waals surface area contributed by atoms with Crippen molar-refractivity contribution >= 4 is 5.97 Å². The van der Waals surface area contributed by atoms with Gasteiger partial charge in [0.25, 0.3) is 0 Å². The summed E-state index contributed by atoms with van der Waals surface area (Å²) in [4.78, 5) is 12.7. The minimum atomic E-state index is -0.778. The van der Waals surface area contributed by atoms with Gasteiger partial charge in [-0.15, -0.1) is 0 Å². The first-order valence-electron chi connectivity index (χ1n) is 6.64. The molecule has 4 heteroatoms. The largest absolute Gasteiger partial charge is 0.508 e. The highest BCUT2D eigenvalue weighted by Gasteiger charge is 2.16. The van der Waals surface area contributed by atoms with Crippen molar-refractivity contribution in [2.24, 2.45) is 0 Å². The van der Waals surface area contributed by atoms with Crippen molar-refractivity contribution in [2.45, 2.75) is 39.2 Å². The highest BCUT2D eigenvalue weighted by Crippen LogP contribution is 2.22. The molecule has 1 rings (SSSR count). The van der Waals surface area contributed by atoms with Crippen LogP contribution in [-0.2, 0) is 11.2 Å². The Morgan fingerprint density at radius 2 is 2.11 bits per heavy atom. The number of aliphatic carboxylic acids is 1. The Morgan fingerprint density at radius 1 is 1.42 bits per heavy atom. The number of phenols is 1. The minimum absolute atomic E-state index is 0.146. The number of likely N-dealkylation sites (N-methyl/N-ethyl adjacent to an activating group) is 1. The van der Waals surface area contributed by atoms with Crippen LogP contribution in [0.5, 0.6) is 5.75 Å². The number of hydrogen-bond donors (Lipinski definition) is 2. The summed E-state index contributed by atoms with van der Waals surface area (Å²) >= 11 is 0. The third kappa shape index (κ3) is 4.91. The van der Waals surface area contributed by atoms with Gasteiger partial charge in [-0.25, -0.2) is 0 Å². The first-order chi connectivity index (χ1) is 8.93. The summed E-state index contributed by atoms with van der Waals surface area (Å²) in [6.45, 7) is 4.60. The van der Waals surface area contributed by atoms with Crippen molar-refractivity contribution in [2.75, 3.05) is 13.6 Å². The van der Waals surface area contributed by atoms with Crippen molar-refractivity contribution in [1.29, 1.82) is 0 Å². The molecular formula is C15H23NO3. The zero-order valence-corrected chi connectivity index (χ0v) is 11.9. The van der Waals surface area contributed by atoms with Gasteiger partial charge in [0.1, 0.15) is 5.75 Å². The quantitative estimate of drug-likeness (QED) is 0.795. The van der Waals surface area contributed by atoms with Crippen molar-refractivity contribution in [1.82, 2.24) is 4.90 Å². The van der Waals surface area contributed by atoms with E-state index in [2.05, 4.69) is 11.8 Å². The molecule has 19 heavy (non-hydrogen) atoms. The number of carboxylic acids is 1. The lowest BCUT2D eigenvalue weighted by molar-refractivity contribution is -0.137. The van der Waals surface area contributed by atoms with Crippen LogP contribution in [0.4, 0.5) is 0 Å². The van der Waals surface area contributed by atoms with E-state index >= 15 is 0 Å². The van der Waals surface area contributed by atoms with Gasteiger partial charge in [-0.1, -0.05) is 24.6 Å².